The Balaban J connectivity index is 0.000000671. The summed E-state index contributed by atoms with van der Waals surface area (Å²) in [5.41, 5.74) is 2.65. The number of carbonyl (C=O) groups is 1. The summed E-state index contributed by atoms with van der Waals surface area (Å²) in [5.74, 6) is 1.35. The van der Waals surface area contributed by atoms with E-state index >= 15 is 0 Å². The molecule has 1 aliphatic rings. The Bertz CT molecular complexity index is 617. The van der Waals surface area contributed by atoms with E-state index in [1.807, 2.05) is 32.0 Å². The second kappa shape index (κ2) is 11.2. The fraction of sp³-hybridized carbons (Fsp3) is 0.368. The van der Waals surface area contributed by atoms with Gasteiger partial charge in [-0.2, -0.15) is 0 Å². The zero-order chi connectivity index (χ0) is 17.8. The highest BCUT2D eigenvalue weighted by molar-refractivity contribution is 5.83. The molecule has 1 atom stereocenters. The lowest BCUT2D eigenvalue weighted by Crippen LogP contribution is -2.21. The number of anilines is 1. The van der Waals surface area contributed by atoms with Crippen LogP contribution in [-0.4, -0.2) is 36.6 Å². The number of nitrogens with zero attached hydrogens (tertiary/aromatic N) is 1. The lowest BCUT2D eigenvalue weighted by Gasteiger charge is -2.26. The SMILES string of the molecule is CC.CO.O=Cc1ccncc1NCC1CCOc2ccccc21. The lowest BCUT2D eigenvalue weighted by atomic mass is 9.93. The van der Waals surface area contributed by atoms with Crippen LogP contribution >= 0.6 is 0 Å². The van der Waals surface area contributed by atoms with Gasteiger partial charge in [-0.05, 0) is 24.1 Å². The number of aliphatic hydroxyl groups is 1. The average Bonchev–Trinajstić information content (AvgIpc) is 2.69. The van der Waals surface area contributed by atoms with Crippen LogP contribution in [0.25, 0.3) is 0 Å². The van der Waals surface area contributed by atoms with Crippen molar-refractivity contribution in [3.63, 3.8) is 0 Å². The number of aldehydes is 1. The molecule has 24 heavy (non-hydrogen) atoms. The molecule has 0 aliphatic carbocycles. The van der Waals surface area contributed by atoms with Gasteiger partial charge in [0.1, 0.15) is 5.75 Å². The van der Waals surface area contributed by atoms with Crippen LogP contribution < -0.4 is 10.1 Å². The smallest absolute Gasteiger partial charge is 0.152 e. The number of hydrogen-bond donors (Lipinski definition) is 2. The maximum Gasteiger partial charge on any atom is 0.152 e. The maximum absolute atomic E-state index is 11.0. The zero-order valence-electron chi connectivity index (χ0n) is 14.5. The van der Waals surface area contributed by atoms with Gasteiger partial charge in [0.15, 0.2) is 6.29 Å². The number of pyridine rings is 1. The predicted octanol–water partition coefficient (Wildman–Crippen LogP) is 3.51. The Morgan fingerprint density at radius 1 is 1.29 bits per heavy atom. The van der Waals surface area contributed by atoms with Crippen LogP contribution in [0.1, 0.15) is 42.1 Å². The standard InChI is InChI=1S/C16H16N2O2.C2H6.CH4O/c19-11-13-5-7-17-10-15(13)18-9-12-6-8-20-16-4-2-1-3-14(12)16;2*1-2/h1-5,7,10-12,18H,6,8-9H2;1-2H3;2H,1H3. The molecule has 0 amide bonds. The fourth-order valence-electron chi connectivity index (χ4n) is 2.52. The van der Waals surface area contributed by atoms with Crippen LogP contribution in [0.2, 0.25) is 0 Å². The van der Waals surface area contributed by atoms with E-state index in [1.165, 1.54) is 5.56 Å². The third-order valence-electron chi connectivity index (χ3n) is 3.60. The molecular formula is C19H26N2O3. The van der Waals surface area contributed by atoms with Crippen molar-refractivity contribution in [1.82, 2.24) is 4.98 Å². The first-order valence-corrected chi connectivity index (χ1v) is 8.18. The van der Waals surface area contributed by atoms with E-state index < -0.39 is 0 Å². The number of carbonyl (C=O) groups excluding carboxylic acids is 1. The minimum Gasteiger partial charge on any atom is -0.493 e. The molecule has 1 aromatic heterocycles. The van der Waals surface area contributed by atoms with Gasteiger partial charge in [0.2, 0.25) is 0 Å². The first-order chi connectivity index (χ1) is 11.9. The summed E-state index contributed by atoms with van der Waals surface area (Å²) in [5, 5.41) is 10.3. The number of nitrogens with one attached hydrogen (secondary N) is 1. The number of hydrogen-bond acceptors (Lipinski definition) is 5. The van der Waals surface area contributed by atoms with Crippen LogP contribution in [0.15, 0.2) is 42.7 Å². The molecule has 1 aliphatic heterocycles. The molecule has 2 heterocycles. The van der Waals surface area contributed by atoms with Crippen LogP contribution in [0.4, 0.5) is 5.69 Å². The molecular weight excluding hydrogens is 304 g/mol. The highest BCUT2D eigenvalue weighted by Gasteiger charge is 2.20. The Morgan fingerprint density at radius 3 is 2.79 bits per heavy atom. The van der Waals surface area contributed by atoms with Gasteiger partial charge in [-0.25, -0.2) is 0 Å². The lowest BCUT2D eigenvalue weighted by molar-refractivity contribution is 0.112. The second-order valence-corrected chi connectivity index (χ2v) is 4.83. The quantitative estimate of drug-likeness (QED) is 0.840. The van der Waals surface area contributed by atoms with E-state index in [1.54, 1.807) is 18.5 Å². The minimum absolute atomic E-state index is 0.389. The van der Waals surface area contributed by atoms with Crippen molar-refractivity contribution >= 4 is 12.0 Å². The molecule has 2 aromatic rings. The predicted molar refractivity (Wildman–Crippen MR) is 96.9 cm³/mol. The number of fused-ring (bicyclic) bond motifs is 1. The van der Waals surface area contributed by atoms with E-state index in [4.69, 9.17) is 9.84 Å². The van der Waals surface area contributed by atoms with E-state index in [-0.39, 0.29) is 0 Å². The summed E-state index contributed by atoms with van der Waals surface area (Å²) in [7, 11) is 1.00. The molecule has 130 valence electrons. The van der Waals surface area contributed by atoms with E-state index in [0.717, 1.165) is 44.4 Å². The molecule has 0 spiro atoms. The number of rotatable bonds is 4. The van der Waals surface area contributed by atoms with Gasteiger partial charge in [0.25, 0.3) is 0 Å². The number of benzene rings is 1. The van der Waals surface area contributed by atoms with Crippen molar-refractivity contribution in [2.45, 2.75) is 26.2 Å². The monoisotopic (exact) mass is 330 g/mol. The maximum atomic E-state index is 11.0. The zero-order valence-corrected chi connectivity index (χ0v) is 14.5. The van der Waals surface area contributed by atoms with E-state index in [0.29, 0.717) is 11.5 Å². The highest BCUT2D eigenvalue weighted by atomic mass is 16.5. The van der Waals surface area contributed by atoms with Gasteiger partial charge in [0, 0.05) is 31.3 Å². The van der Waals surface area contributed by atoms with Gasteiger partial charge >= 0.3 is 0 Å². The minimum atomic E-state index is 0.389. The number of aromatic nitrogens is 1. The summed E-state index contributed by atoms with van der Waals surface area (Å²) in [6.07, 6.45) is 5.14. The second-order valence-electron chi connectivity index (χ2n) is 4.83. The number of para-hydroxylation sites is 1. The molecule has 1 aromatic carbocycles. The van der Waals surface area contributed by atoms with Gasteiger partial charge in [-0.15, -0.1) is 0 Å². The summed E-state index contributed by atoms with van der Waals surface area (Å²) in [6, 6.07) is 9.84. The van der Waals surface area contributed by atoms with Crippen LogP contribution in [0.3, 0.4) is 0 Å². The van der Waals surface area contributed by atoms with Crippen LogP contribution in [0, 0.1) is 0 Å². The normalized spacial score (nSPS) is 14.6. The van der Waals surface area contributed by atoms with Crippen LogP contribution in [0.5, 0.6) is 5.75 Å². The van der Waals surface area contributed by atoms with Gasteiger partial charge in [-0.3, -0.25) is 9.78 Å². The Hall–Kier alpha value is -2.40. The fourth-order valence-corrected chi connectivity index (χ4v) is 2.52. The molecule has 0 radical (unpaired) electrons. The first-order valence-electron chi connectivity index (χ1n) is 8.18. The molecule has 0 bridgehead atoms. The molecule has 0 saturated carbocycles. The number of aliphatic hydroxyl groups excluding tert-OH is 1. The van der Waals surface area contributed by atoms with Crippen molar-refractivity contribution in [3.05, 3.63) is 53.9 Å². The van der Waals surface area contributed by atoms with Crippen molar-refractivity contribution in [2.75, 3.05) is 25.6 Å². The first kappa shape index (κ1) is 19.6. The number of ether oxygens (including phenoxy) is 1. The Morgan fingerprint density at radius 2 is 2.04 bits per heavy atom. The largest absolute Gasteiger partial charge is 0.493 e. The molecule has 0 fully saturated rings. The van der Waals surface area contributed by atoms with E-state index in [2.05, 4.69) is 16.4 Å². The van der Waals surface area contributed by atoms with E-state index in [9.17, 15) is 4.79 Å². The van der Waals surface area contributed by atoms with Gasteiger partial charge < -0.3 is 15.2 Å². The van der Waals surface area contributed by atoms with Crippen molar-refractivity contribution < 1.29 is 14.6 Å². The van der Waals surface area contributed by atoms with Crippen molar-refractivity contribution in [1.29, 1.82) is 0 Å². The Labute approximate surface area is 143 Å². The highest BCUT2D eigenvalue weighted by Crippen LogP contribution is 2.33. The van der Waals surface area contributed by atoms with Gasteiger partial charge in [0.05, 0.1) is 18.5 Å². The summed E-state index contributed by atoms with van der Waals surface area (Å²) in [4.78, 5) is 15.0. The molecule has 5 heteroatoms. The Kier molecular flexibility index (Phi) is 9.16. The molecule has 5 nitrogen and oxygen atoms in total. The summed E-state index contributed by atoms with van der Waals surface area (Å²) >= 11 is 0. The van der Waals surface area contributed by atoms with Crippen molar-refractivity contribution in [3.8, 4) is 5.75 Å². The molecule has 2 N–H and O–H groups in total. The molecule has 1 unspecified atom stereocenters. The molecule has 3 rings (SSSR count). The summed E-state index contributed by atoms with van der Waals surface area (Å²) in [6.45, 7) is 5.50. The average molecular weight is 330 g/mol. The topological polar surface area (TPSA) is 71.5 Å². The molecule has 0 saturated heterocycles. The third-order valence-corrected chi connectivity index (χ3v) is 3.60. The summed E-state index contributed by atoms with van der Waals surface area (Å²) < 4.78 is 5.65. The van der Waals surface area contributed by atoms with Crippen molar-refractivity contribution in [2.24, 2.45) is 0 Å². The van der Waals surface area contributed by atoms with Gasteiger partial charge in [-0.1, -0.05) is 32.0 Å². The third kappa shape index (κ3) is 5.06. The van der Waals surface area contributed by atoms with Crippen LogP contribution in [-0.2, 0) is 0 Å².